The zero-order chi connectivity index (χ0) is 11.8. The first-order valence-corrected chi connectivity index (χ1v) is 5.97. The summed E-state index contributed by atoms with van der Waals surface area (Å²) in [7, 11) is 0. The van der Waals surface area contributed by atoms with Gasteiger partial charge in [-0.25, -0.2) is 4.39 Å². The third-order valence-electron chi connectivity index (χ3n) is 3.70. The van der Waals surface area contributed by atoms with Crippen LogP contribution in [0.3, 0.4) is 0 Å². The Morgan fingerprint density at radius 3 is 2.53 bits per heavy atom. The summed E-state index contributed by atoms with van der Waals surface area (Å²) in [6.07, 6.45) is 6.64. The highest BCUT2D eigenvalue weighted by molar-refractivity contribution is 5.94. The van der Waals surface area contributed by atoms with E-state index in [0.29, 0.717) is 17.4 Å². The van der Waals surface area contributed by atoms with Crippen molar-refractivity contribution in [3.05, 3.63) is 47.8 Å². The van der Waals surface area contributed by atoms with Crippen molar-refractivity contribution in [1.82, 2.24) is 5.32 Å². The fourth-order valence-electron chi connectivity index (χ4n) is 2.80. The van der Waals surface area contributed by atoms with E-state index in [1.165, 1.54) is 24.3 Å². The van der Waals surface area contributed by atoms with E-state index in [2.05, 4.69) is 17.5 Å². The lowest BCUT2D eigenvalue weighted by molar-refractivity contribution is 0.0931. The minimum Gasteiger partial charge on any atom is -0.349 e. The Balaban J connectivity index is 1.68. The van der Waals surface area contributed by atoms with Crippen molar-refractivity contribution < 1.29 is 9.18 Å². The summed E-state index contributed by atoms with van der Waals surface area (Å²) >= 11 is 0. The number of carbonyl (C=O) groups is 1. The predicted molar refractivity (Wildman–Crippen MR) is 63.0 cm³/mol. The number of amides is 1. The Bertz CT molecular complexity index is 466. The van der Waals surface area contributed by atoms with Gasteiger partial charge in [-0.15, -0.1) is 0 Å². The van der Waals surface area contributed by atoms with Gasteiger partial charge in [-0.05, 0) is 48.9 Å². The molecule has 1 amide bonds. The normalized spacial score (nSPS) is 29.6. The molecule has 0 spiro atoms. The van der Waals surface area contributed by atoms with Crippen LogP contribution in [-0.2, 0) is 0 Å². The number of allylic oxidation sites excluding steroid dienone is 1. The fourth-order valence-corrected chi connectivity index (χ4v) is 2.80. The smallest absolute Gasteiger partial charge is 0.251 e. The van der Waals surface area contributed by atoms with Crippen LogP contribution in [0.5, 0.6) is 0 Å². The highest BCUT2D eigenvalue weighted by Gasteiger charge is 2.36. The molecule has 17 heavy (non-hydrogen) atoms. The van der Waals surface area contributed by atoms with Crippen molar-refractivity contribution in [2.45, 2.75) is 18.9 Å². The lowest BCUT2D eigenvalue weighted by Crippen LogP contribution is -2.37. The van der Waals surface area contributed by atoms with Crippen LogP contribution >= 0.6 is 0 Å². The lowest BCUT2D eigenvalue weighted by atomic mass is 10.0. The van der Waals surface area contributed by atoms with Crippen LogP contribution in [0.25, 0.3) is 0 Å². The van der Waals surface area contributed by atoms with Gasteiger partial charge in [0.25, 0.3) is 5.91 Å². The maximum atomic E-state index is 12.7. The Morgan fingerprint density at radius 1 is 1.18 bits per heavy atom. The third-order valence-corrected chi connectivity index (χ3v) is 3.70. The topological polar surface area (TPSA) is 29.1 Å². The summed E-state index contributed by atoms with van der Waals surface area (Å²) in [4.78, 5) is 11.9. The second-order valence-corrected chi connectivity index (χ2v) is 4.87. The largest absolute Gasteiger partial charge is 0.349 e. The molecule has 0 radical (unpaired) electrons. The fraction of sp³-hybridized carbons (Fsp3) is 0.357. The predicted octanol–water partition coefficient (Wildman–Crippen LogP) is 2.52. The minimum atomic E-state index is -0.315. The lowest BCUT2D eigenvalue weighted by Gasteiger charge is -2.19. The first-order valence-electron chi connectivity index (χ1n) is 5.97. The summed E-state index contributed by atoms with van der Waals surface area (Å²) in [5.41, 5.74) is 0.526. The van der Waals surface area contributed by atoms with Crippen LogP contribution in [0.4, 0.5) is 4.39 Å². The van der Waals surface area contributed by atoms with Crippen molar-refractivity contribution in [2.75, 3.05) is 0 Å². The van der Waals surface area contributed by atoms with Crippen molar-refractivity contribution in [3.8, 4) is 0 Å². The van der Waals surface area contributed by atoms with E-state index in [1.807, 2.05) is 0 Å². The second kappa shape index (κ2) is 3.99. The van der Waals surface area contributed by atoms with E-state index in [0.717, 1.165) is 12.8 Å². The molecule has 1 aromatic rings. The van der Waals surface area contributed by atoms with Gasteiger partial charge < -0.3 is 5.32 Å². The van der Waals surface area contributed by atoms with Gasteiger partial charge in [0.1, 0.15) is 5.82 Å². The molecule has 2 aliphatic carbocycles. The molecule has 0 saturated heterocycles. The SMILES string of the molecule is O=C(N[C@H]1CC2C=CC1C2)c1ccc(F)cc1. The molecule has 0 aromatic heterocycles. The molecule has 3 atom stereocenters. The molecule has 3 rings (SSSR count). The van der Waals surface area contributed by atoms with E-state index in [4.69, 9.17) is 0 Å². The molecular weight excluding hydrogens is 217 g/mol. The number of fused-ring (bicyclic) bond motifs is 2. The molecule has 1 fully saturated rings. The van der Waals surface area contributed by atoms with Gasteiger partial charge in [0.05, 0.1) is 0 Å². The van der Waals surface area contributed by atoms with Gasteiger partial charge in [-0.3, -0.25) is 4.79 Å². The van der Waals surface area contributed by atoms with Crippen molar-refractivity contribution in [1.29, 1.82) is 0 Å². The summed E-state index contributed by atoms with van der Waals surface area (Å²) in [6.45, 7) is 0. The number of benzene rings is 1. The maximum absolute atomic E-state index is 12.7. The second-order valence-electron chi connectivity index (χ2n) is 4.87. The van der Waals surface area contributed by atoms with Crippen LogP contribution in [-0.4, -0.2) is 11.9 Å². The molecular formula is C14H14FNO. The first kappa shape index (κ1) is 10.5. The number of nitrogens with one attached hydrogen (secondary N) is 1. The summed E-state index contributed by atoms with van der Waals surface area (Å²) < 4.78 is 12.7. The Kier molecular flexibility index (Phi) is 2.46. The zero-order valence-corrected chi connectivity index (χ0v) is 9.40. The highest BCUT2D eigenvalue weighted by Crippen LogP contribution is 2.38. The Labute approximate surface area is 99.5 Å². The summed E-state index contributed by atoms with van der Waals surface area (Å²) in [5.74, 6) is 0.711. The van der Waals surface area contributed by atoms with Gasteiger partial charge in [0, 0.05) is 11.6 Å². The molecule has 1 aromatic carbocycles. The van der Waals surface area contributed by atoms with Gasteiger partial charge in [0.2, 0.25) is 0 Å². The van der Waals surface area contributed by atoms with Crippen molar-refractivity contribution in [2.24, 2.45) is 11.8 Å². The molecule has 2 nitrogen and oxygen atoms in total. The van der Waals surface area contributed by atoms with Gasteiger partial charge in [-0.2, -0.15) is 0 Å². The van der Waals surface area contributed by atoms with Crippen LogP contribution in [0.1, 0.15) is 23.2 Å². The van der Waals surface area contributed by atoms with Crippen LogP contribution in [0.15, 0.2) is 36.4 Å². The van der Waals surface area contributed by atoms with Gasteiger partial charge >= 0.3 is 0 Å². The molecule has 0 heterocycles. The molecule has 1 N–H and O–H groups in total. The molecule has 2 bridgehead atoms. The van der Waals surface area contributed by atoms with E-state index in [9.17, 15) is 9.18 Å². The Morgan fingerprint density at radius 2 is 1.94 bits per heavy atom. The zero-order valence-electron chi connectivity index (χ0n) is 9.40. The van der Waals surface area contributed by atoms with Crippen LogP contribution in [0, 0.1) is 17.7 Å². The summed E-state index contributed by atoms with van der Waals surface area (Å²) in [6, 6.07) is 5.93. The molecule has 3 heteroatoms. The number of rotatable bonds is 2. The van der Waals surface area contributed by atoms with E-state index in [1.54, 1.807) is 0 Å². The summed E-state index contributed by atoms with van der Waals surface area (Å²) in [5, 5.41) is 3.03. The monoisotopic (exact) mass is 231 g/mol. The van der Waals surface area contributed by atoms with E-state index >= 15 is 0 Å². The average Bonchev–Trinajstić information content (AvgIpc) is 2.91. The number of hydrogen-bond donors (Lipinski definition) is 1. The van der Waals surface area contributed by atoms with Gasteiger partial charge in [-0.1, -0.05) is 12.2 Å². The number of hydrogen-bond acceptors (Lipinski definition) is 1. The quantitative estimate of drug-likeness (QED) is 0.778. The first-order chi connectivity index (χ1) is 8.22. The molecule has 88 valence electrons. The van der Waals surface area contributed by atoms with Crippen LogP contribution < -0.4 is 5.32 Å². The molecule has 2 unspecified atom stereocenters. The standard InChI is InChI=1S/C14H14FNO/c15-12-5-3-10(4-6-12)14(17)16-13-8-9-1-2-11(13)7-9/h1-6,9,11,13H,7-8H2,(H,16,17)/t9?,11?,13-/m0/s1. The number of carbonyl (C=O) groups excluding carboxylic acids is 1. The van der Waals surface area contributed by atoms with Crippen molar-refractivity contribution >= 4 is 5.91 Å². The third kappa shape index (κ3) is 1.97. The molecule has 1 saturated carbocycles. The van der Waals surface area contributed by atoms with Gasteiger partial charge in [0.15, 0.2) is 0 Å². The molecule has 2 aliphatic rings. The van der Waals surface area contributed by atoms with Crippen molar-refractivity contribution in [3.63, 3.8) is 0 Å². The maximum Gasteiger partial charge on any atom is 0.251 e. The highest BCUT2D eigenvalue weighted by atomic mass is 19.1. The Hall–Kier alpha value is -1.64. The minimum absolute atomic E-state index is 0.101. The molecule has 0 aliphatic heterocycles. The van der Waals surface area contributed by atoms with Crippen LogP contribution in [0.2, 0.25) is 0 Å². The average molecular weight is 231 g/mol. The number of halogens is 1. The van der Waals surface area contributed by atoms with E-state index in [-0.39, 0.29) is 17.8 Å². The van der Waals surface area contributed by atoms with E-state index < -0.39 is 0 Å².